The van der Waals surface area contributed by atoms with Crippen molar-refractivity contribution in [3.8, 4) is 5.75 Å². The maximum Gasteiger partial charge on any atom is 0.277 e. The molecule has 1 aliphatic heterocycles. The number of nitrogens with zero attached hydrogens (tertiary/aromatic N) is 1. The first-order valence-corrected chi connectivity index (χ1v) is 7.56. The number of nitrogens with one attached hydrogen (secondary N) is 1. The number of anilines is 1. The highest BCUT2D eigenvalue weighted by Gasteiger charge is 2.37. The molecule has 0 unspecified atom stereocenters. The molecule has 1 heterocycles. The predicted octanol–water partition coefficient (Wildman–Crippen LogP) is 2.83. The first-order valence-electron chi connectivity index (χ1n) is 7.56. The van der Waals surface area contributed by atoms with Gasteiger partial charge < -0.3 is 10.1 Å². The van der Waals surface area contributed by atoms with Crippen molar-refractivity contribution in [1.82, 2.24) is 4.90 Å². The lowest BCUT2D eigenvalue weighted by Gasteiger charge is -2.13. The van der Waals surface area contributed by atoms with Crippen molar-refractivity contribution in [2.45, 2.75) is 6.92 Å². The zero-order chi connectivity index (χ0) is 17.3. The Morgan fingerprint density at radius 1 is 1.00 bits per heavy atom. The number of carbonyl (C=O) groups excluding carboxylic acids is 2. The number of amides is 2. The Hall–Kier alpha value is -3.08. The second-order valence-corrected chi connectivity index (χ2v) is 5.61. The number of benzene rings is 2. The normalized spacial score (nSPS) is 14.4. The molecule has 0 radical (unpaired) electrons. The topological polar surface area (TPSA) is 58.6 Å². The van der Waals surface area contributed by atoms with Crippen LogP contribution < -0.4 is 10.1 Å². The smallest absolute Gasteiger partial charge is 0.277 e. The van der Waals surface area contributed by atoms with E-state index < -0.39 is 0 Å². The molecule has 0 atom stereocenters. The second-order valence-electron chi connectivity index (χ2n) is 5.61. The second kappa shape index (κ2) is 6.20. The minimum atomic E-state index is -0.359. The van der Waals surface area contributed by atoms with Crippen LogP contribution in [0.2, 0.25) is 0 Å². The van der Waals surface area contributed by atoms with Crippen LogP contribution in [0.15, 0.2) is 54.2 Å². The number of aryl methyl sites for hydroxylation is 1. The first kappa shape index (κ1) is 15.8. The van der Waals surface area contributed by atoms with Gasteiger partial charge in [-0.15, -0.1) is 0 Å². The lowest BCUT2D eigenvalue weighted by molar-refractivity contribution is -0.135. The third-order valence-corrected chi connectivity index (χ3v) is 3.96. The van der Waals surface area contributed by atoms with E-state index in [0.29, 0.717) is 22.6 Å². The Morgan fingerprint density at radius 3 is 2.38 bits per heavy atom. The van der Waals surface area contributed by atoms with Gasteiger partial charge in [0.1, 0.15) is 11.4 Å². The van der Waals surface area contributed by atoms with Gasteiger partial charge >= 0.3 is 0 Å². The summed E-state index contributed by atoms with van der Waals surface area (Å²) in [6.07, 6.45) is 0. The van der Waals surface area contributed by atoms with E-state index in [9.17, 15) is 9.59 Å². The van der Waals surface area contributed by atoms with E-state index in [0.717, 1.165) is 10.5 Å². The van der Waals surface area contributed by atoms with E-state index in [4.69, 9.17) is 4.74 Å². The van der Waals surface area contributed by atoms with Crippen LogP contribution in [-0.4, -0.2) is 30.9 Å². The van der Waals surface area contributed by atoms with Gasteiger partial charge in [0.2, 0.25) is 0 Å². The van der Waals surface area contributed by atoms with Gasteiger partial charge in [-0.1, -0.05) is 36.4 Å². The zero-order valence-electron chi connectivity index (χ0n) is 13.8. The standard InChI is InChI=1S/C19H18N2O3/c1-12-9-10-15(24-3)14(11-12)20-17-16(13-7-5-4-6-8-13)18(22)21(2)19(17)23/h4-11,20H,1-3H3. The molecule has 2 aromatic rings. The maximum atomic E-state index is 12.5. The van der Waals surface area contributed by atoms with Crippen LogP contribution in [0.1, 0.15) is 11.1 Å². The van der Waals surface area contributed by atoms with Crippen molar-refractivity contribution >= 4 is 23.1 Å². The average molecular weight is 322 g/mol. The molecule has 24 heavy (non-hydrogen) atoms. The Balaban J connectivity index is 2.12. The highest BCUT2D eigenvalue weighted by Crippen LogP contribution is 2.33. The van der Waals surface area contributed by atoms with Gasteiger partial charge in [0.05, 0.1) is 18.4 Å². The third kappa shape index (κ3) is 2.65. The fourth-order valence-corrected chi connectivity index (χ4v) is 2.68. The quantitative estimate of drug-likeness (QED) is 0.880. The first-order chi connectivity index (χ1) is 11.5. The molecule has 0 saturated heterocycles. The van der Waals surface area contributed by atoms with Crippen LogP contribution in [-0.2, 0) is 9.59 Å². The summed E-state index contributed by atoms with van der Waals surface area (Å²) in [6.45, 7) is 1.95. The van der Waals surface area contributed by atoms with Crippen LogP contribution in [0, 0.1) is 6.92 Å². The molecular formula is C19H18N2O3. The summed E-state index contributed by atoms with van der Waals surface area (Å²) in [5.74, 6) is -0.0713. The highest BCUT2D eigenvalue weighted by molar-refractivity contribution is 6.36. The average Bonchev–Trinajstić information content (AvgIpc) is 2.80. The van der Waals surface area contributed by atoms with Crippen LogP contribution >= 0.6 is 0 Å². The Kier molecular flexibility index (Phi) is 4.08. The third-order valence-electron chi connectivity index (χ3n) is 3.96. The molecule has 0 aromatic heterocycles. The molecule has 5 heteroatoms. The van der Waals surface area contributed by atoms with Crippen LogP contribution in [0.5, 0.6) is 5.75 Å². The molecule has 2 amide bonds. The highest BCUT2D eigenvalue weighted by atomic mass is 16.5. The maximum absolute atomic E-state index is 12.5. The number of rotatable bonds is 4. The van der Waals surface area contributed by atoms with Crippen molar-refractivity contribution in [3.05, 3.63) is 65.4 Å². The van der Waals surface area contributed by atoms with Crippen molar-refractivity contribution in [2.75, 3.05) is 19.5 Å². The number of likely N-dealkylation sites (N-methyl/N-ethyl adjacent to an activating group) is 1. The van der Waals surface area contributed by atoms with Gasteiger partial charge in [-0.25, -0.2) is 0 Å². The molecule has 0 fully saturated rings. The van der Waals surface area contributed by atoms with Crippen molar-refractivity contribution in [1.29, 1.82) is 0 Å². The van der Waals surface area contributed by atoms with Crippen LogP contribution in [0.4, 0.5) is 5.69 Å². The summed E-state index contributed by atoms with van der Waals surface area (Å²) in [5, 5.41) is 3.10. The van der Waals surface area contributed by atoms with Crippen LogP contribution in [0.25, 0.3) is 5.57 Å². The summed E-state index contributed by atoms with van der Waals surface area (Å²) < 4.78 is 5.35. The van der Waals surface area contributed by atoms with Crippen molar-refractivity contribution in [3.63, 3.8) is 0 Å². The van der Waals surface area contributed by atoms with Gasteiger partial charge in [0.15, 0.2) is 0 Å². The van der Waals surface area contributed by atoms with E-state index in [1.165, 1.54) is 7.05 Å². The Bertz CT molecular complexity index is 841. The molecule has 0 aliphatic carbocycles. The molecule has 122 valence electrons. The summed E-state index contributed by atoms with van der Waals surface area (Å²) >= 11 is 0. The number of methoxy groups -OCH3 is 1. The van der Waals surface area contributed by atoms with Gasteiger partial charge in [0, 0.05) is 7.05 Å². The SMILES string of the molecule is COc1ccc(C)cc1NC1=C(c2ccccc2)C(=O)N(C)C1=O. The zero-order valence-corrected chi connectivity index (χ0v) is 13.8. The summed E-state index contributed by atoms with van der Waals surface area (Å²) in [6, 6.07) is 14.8. The number of imide groups is 1. The van der Waals surface area contributed by atoms with E-state index in [-0.39, 0.29) is 17.5 Å². The molecule has 1 aliphatic rings. The fraction of sp³-hybridized carbons (Fsp3) is 0.158. The lowest BCUT2D eigenvalue weighted by atomic mass is 10.0. The van der Waals surface area contributed by atoms with E-state index in [1.54, 1.807) is 7.11 Å². The molecule has 0 spiro atoms. The Labute approximate surface area is 140 Å². The number of hydrogen-bond donors (Lipinski definition) is 1. The Morgan fingerprint density at radius 2 is 1.71 bits per heavy atom. The van der Waals surface area contributed by atoms with E-state index in [2.05, 4.69) is 5.32 Å². The van der Waals surface area contributed by atoms with E-state index >= 15 is 0 Å². The molecule has 2 aromatic carbocycles. The van der Waals surface area contributed by atoms with Gasteiger partial charge in [-0.05, 0) is 30.2 Å². The molecule has 0 bridgehead atoms. The minimum Gasteiger partial charge on any atom is -0.495 e. The molecule has 0 saturated carbocycles. The van der Waals surface area contributed by atoms with Gasteiger partial charge in [-0.3, -0.25) is 14.5 Å². The van der Waals surface area contributed by atoms with E-state index in [1.807, 2.05) is 55.5 Å². The monoisotopic (exact) mass is 322 g/mol. The van der Waals surface area contributed by atoms with Crippen LogP contribution in [0.3, 0.4) is 0 Å². The summed E-state index contributed by atoms with van der Waals surface area (Å²) in [4.78, 5) is 26.2. The molecule has 5 nitrogen and oxygen atoms in total. The lowest BCUT2D eigenvalue weighted by Crippen LogP contribution is -2.28. The van der Waals surface area contributed by atoms with Crippen molar-refractivity contribution in [2.24, 2.45) is 0 Å². The van der Waals surface area contributed by atoms with Gasteiger partial charge in [-0.2, -0.15) is 0 Å². The summed E-state index contributed by atoms with van der Waals surface area (Å²) in [7, 11) is 3.05. The van der Waals surface area contributed by atoms with Crippen molar-refractivity contribution < 1.29 is 14.3 Å². The fourth-order valence-electron chi connectivity index (χ4n) is 2.68. The number of hydrogen-bond acceptors (Lipinski definition) is 4. The molecule has 1 N–H and O–H groups in total. The number of ether oxygens (including phenoxy) is 1. The minimum absolute atomic E-state index is 0.262. The molecule has 3 rings (SSSR count). The predicted molar refractivity (Wildman–Crippen MR) is 92.5 cm³/mol. The molecular weight excluding hydrogens is 304 g/mol. The van der Waals surface area contributed by atoms with Gasteiger partial charge in [0.25, 0.3) is 11.8 Å². The largest absolute Gasteiger partial charge is 0.495 e. The summed E-state index contributed by atoms with van der Waals surface area (Å²) in [5.41, 5.74) is 3.00. The number of carbonyl (C=O) groups is 2.